The van der Waals surface area contributed by atoms with Crippen LogP contribution < -0.4 is 4.90 Å². The maximum Gasteiger partial charge on any atom is 0.243 e. The third-order valence-corrected chi connectivity index (χ3v) is 7.90. The molecule has 2 aliphatic rings. The smallest absolute Gasteiger partial charge is 0.243 e. The summed E-state index contributed by atoms with van der Waals surface area (Å²) in [5.41, 5.74) is 2.42. The Morgan fingerprint density at radius 1 is 1.10 bits per heavy atom. The highest BCUT2D eigenvalue weighted by Gasteiger charge is 2.39. The first-order valence-corrected chi connectivity index (χ1v) is 11.6. The van der Waals surface area contributed by atoms with Crippen molar-refractivity contribution in [3.8, 4) is 0 Å². The Morgan fingerprint density at radius 3 is 2.80 bits per heavy atom. The number of carbonyl (C=O) groups is 1. The number of aryl methyl sites for hydroxylation is 1. The normalized spacial score (nSPS) is 19.9. The molecule has 0 spiro atoms. The SMILES string of the molecule is CC(=O)N1CCCc2cc(S(=O)(=O)N3CCC[C@H]3c3nnc4ccccn34)ccc21. The third kappa shape index (κ3) is 3.00. The average Bonchev–Trinajstić information content (AvgIpc) is 3.39. The van der Waals surface area contributed by atoms with E-state index in [9.17, 15) is 13.2 Å². The lowest BCUT2D eigenvalue weighted by Crippen LogP contribution is -2.34. The number of nitrogens with zero attached hydrogens (tertiary/aromatic N) is 5. The van der Waals surface area contributed by atoms with Crippen LogP contribution in [-0.4, -0.2) is 46.3 Å². The van der Waals surface area contributed by atoms with Crippen LogP contribution in [0.3, 0.4) is 0 Å². The van der Waals surface area contributed by atoms with Crippen LogP contribution in [0, 0.1) is 0 Å². The minimum absolute atomic E-state index is 0.0233. The van der Waals surface area contributed by atoms with Gasteiger partial charge in [-0.05, 0) is 61.6 Å². The number of fused-ring (bicyclic) bond motifs is 2. The van der Waals surface area contributed by atoms with Crippen molar-refractivity contribution in [3.05, 3.63) is 54.0 Å². The monoisotopic (exact) mass is 425 g/mol. The molecule has 1 saturated heterocycles. The highest BCUT2D eigenvalue weighted by Crippen LogP contribution is 2.37. The van der Waals surface area contributed by atoms with Gasteiger partial charge in [0.1, 0.15) is 0 Å². The molecule has 0 aliphatic carbocycles. The molecule has 9 heteroatoms. The van der Waals surface area contributed by atoms with Gasteiger partial charge in [0.15, 0.2) is 11.5 Å². The zero-order valence-corrected chi connectivity index (χ0v) is 17.5. The second kappa shape index (κ2) is 7.17. The van der Waals surface area contributed by atoms with Gasteiger partial charge in [0.2, 0.25) is 15.9 Å². The van der Waals surface area contributed by atoms with Crippen molar-refractivity contribution in [3.63, 3.8) is 0 Å². The zero-order valence-electron chi connectivity index (χ0n) is 16.7. The van der Waals surface area contributed by atoms with Gasteiger partial charge in [-0.15, -0.1) is 10.2 Å². The summed E-state index contributed by atoms with van der Waals surface area (Å²) in [4.78, 5) is 13.9. The molecule has 0 radical (unpaired) electrons. The molecule has 1 aromatic carbocycles. The number of rotatable bonds is 3. The summed E-state index contributed by atoms with van der Waals surface area (Å²) < 4.78 is 30.5. The Labute approximate surface area is 175 Å². The number of anilines is 1. The number of benzene rings is 1. The lowest BCUT2D eigenvalue weighted by molar-refractivity contribution is -0.116. The van der Waals surface area contributed by atoms with Gasteiger partial charge in [-0.2, -0.15) is 4.31 Å². The fourth-order valence-electron chi connectivity index (χ4n) is 4.57. The van der Waals surface area contributed by atoms with Crippen LogP contribution in [0.15, 0.2) is 47.5 Å². The Morgan fingerprint density at radius 2 is 1.97 bits per heavy atom. The predicted octanol–water partition coefficient (Wildman–Crippen LogP) is 2.55. The van der Waals surface area contributed by atoms with Crippen LogP contribution in [0.5, 0.6) is 0 Å². The van der Waals surface area contributed by atoms with Crippen molar-refractivity contribution in [1.29, 1.82) is 0 Å². The summed E-state index contributed by atoms with van der Waals surface area (Å²) in [5.74, 6) is 0.622. The van der Waals surface area contributed by atoms with E-state index in [1.54, 1.807) is 27.4 Å². The van der Waals surface area contributed by atoms with E-state index in [0.29, 0.717) is 31.0 Å². The fourth-order valence-corrected chi connectivity index (χ4v) is 6.28. The minimum Gasteiger partial charge on any atom is -0.312 e. The van der Waals surface area contributed by atoms with Crippen LogP contribution in [0.2, 0.25) is 0 Å². The molecule has 8 nitrogen and oxygen atoms in total. The molecule has 0 saturated carbocycles. The van der Waals surface area contributed by atoms with E-state index in [1.165, 1.54) is 6.92 Å². The summed E-state index contributed by atoms with van der Waals surface area (Å²) in [6.07, 6.45) is 4.94. The van der Waals surface area contributed by atoms with Gasteiger partial charge >= 0.3 is 0 Å². The van der Waals surface area contributed by atoms with Crippen LogP contribution >= 0.6 is 0 Å². The summed E-state index contributed by atoms with van der Waals surface area (Å²) >= 11 is 0. The van der Waals surface area contributed by atoms with E-state index < -0.39 is 10.0 Å². The number of pyridine rings is 1. The maximum absolute atomic E-state index is 13.6. The van der Waals surface area contributed by atoms with Gasteiger partial charge in [0.25, 0.3) is 0 Å². The molecule has 0 bridgehead atoms. The largest absolute Gasteiger partial charge is 0.312 e. The fraction of sp³-hybridized carbons (Fsp3) is 0.381. The lowest BCUT2D eigenvalue weighted by Gasteiger charge is -2.29. The molecule has 4 heterocycles. The number of sulfonamides is 1. The molecule has 1 amide bonds. The molecule has 30 heavy (non-hydrogen) atoms. The van der Waals surface area contributed by atoms with E-state index in [4.69, 9.17) is 0 Å². The Kier molecular flexibility index (Phi) is 4.59. The van der Waals surface area contributed by atoms with Crippen LogP contribution in [0.25, 0.3) is 5.65 Å². The second-order valence-electron chi connectivity index (χ2n) is 7.83. The number of carbonyl (C=O) groups excluding carboxylic acids is 1. The first-order valence-electron chi connectivity index (χ1n) is 10.2. The molecule has 3 aromatic rings. The van der Waals surface area contributed by atoms with Crippen LogP contribution in [0.4, 0.5) is 5.69 Å². The van der Waals surface area contributed by atoms with Crippen LogP contribution in [0.1, 0.15) is 43.6 Å². The maximum atomic E-state index is 13.6. The Balaban J connectivity index is 1.52. The Hall–Kier alpha value is -2.78. The first kappa shape index (κ1) is 19.2. The number of hydrogen-bond acceptors (Lipinski definition) is 5. The van der Waals surface area contributed by atoms with Crippen molar-refractivity contribution in [2.24, 2.45) is 0 Å². The van der Waals surface area contributed by atoms with Gasteiger partial charge < -0.3 is 4.90 Å². The molecule has 2 aliphatic heterocycles. The molecule has 2 aromatic heterocycles. The number of amides is 1. The van der Waals surface area contributed by atoms with Crippen LogP contribution in [-0.2, 0) is 21.2 Å². The summed E-state index contributed by atoms with van der Waals surface area (Å²) in [7, 11) is -3.70. The lowest BCUT2D eigenvalue weighted by atomic mass is 10.0. The number of hydrogen-bond donors (Lipinski definition) is 0. The van der Waals surface area contributed by atoms with Gasteiger partial charge in [0.05, 0.1) is 10.9 Å². The summed E-state index contributed by atoms with van der Waals surface area (Å²) in [5, 5.41) is 8.49. The first-order chi connectivity index (χ1) is 14.5. The molecule has 1 fully saturated rings. The van der Waals surface area contributed by atoms with Crippen molar-refractivity contribution in [1.82, 2.24) is 18.9 Å². The topological polar surface area (TPSA) is 87.9 Å². The molecule has 0 N–H and O–H groups in total. The van der Waals surface area contributed by atoms with Crippen molar-refractivity contribution in [2.45, 2.75) is 43.5 Å². The highest BCUT2D eigenvalue weighted by atomic mass is 32.2. The zero-order chi connectivity index (χ0) is 20.9. The van der Waals surface area contributed by atoms with Crippen molar-refractivity contribution >= 4 is 27.3 Å². The summed E-state index contributed by atoms with van der Waals surface area (Å²) in [6, 6.07) is 10.4. The molecule has 156 valence electrons. The molecular formula is C21H23N5O3S. The van der Waals surface area contributed by atoms with Gasteiger partial charge in [-0.25, -0.2) is 8.42 Å². The van der Waals surface area contributed by atoms with Gasteiger partial charge in [-0.3, -0.25) is 9.20 Å². The van der Waals surface area contributed by atoms with E-state index in [-0.39, 0.29) is 16.8 Å². The van der Waals surface area contributed by atoms with Gasteiger partial charge in [0, 0.05) is 31.9 Å². The van der Waals surface area contributed by atoms with E-state index in [1.807, 2.05) is 28.8 Å². The van der Waals surface area contributed by atoms with Crippen molar-refractivity contribution < 1.29 is 13.2 Å². The molecule has 5 rings (SSSR count). The molecule has 0 unspecified atom stereocenters. The predicted molar refractivity (Wildman–Crippen MR) is 112 cm³/mol. The third-order valence-electron chi connectivity index (χ3n) is 6.00. The quantitative estimate of drug-likeness (QED) is 0.644. The molecule has 1 atom stereocenters. The second-order valence-corrected chi connectivity index (χ2v) is 9.72. The van der Waals surface area contributed by atoms with Crippen molar-refractivity contribution in [2.75, 3.05) is 18.0 Å². The average molecular weight is 426 g/mol. The Bertz CT molecular complexity index is 1240. The summed E-state index contributed by atoms with van der Waals surface area (Å²) in [6.45, 7) is 2.66. The number of aromatic nitrogens is 3. The van der Waals surface area contributed by atoms with E-state index in [0.717, 1.165) is 30.5 Å². The molecular weight excluding hydrogens is 402 g/mol. The minimum atomic E-state index is -3.70. The van der Waals surface area contributed by atoms with E-state index in [2.05, 4.69) is 10.2 Å². The van der Waals surface area contributed by atoms with Gasteiger partial charge in [-0.1, -0.05) is 6.07 Å². The standard InChI is InChI=1S/C21H23N5O3S/c1-15(27)24-12-4-6-16-14-17(9-10-18(16)24)30(28,29)26-13-5-7-19(26)21-23-22-20-8-2-3-11-25(20)21/h2-3,8-11,14,19H,4-7,12-13H2,1H3/t19-/m0/s1. The highest BCUT2D eigenvalue weighted by molar-refractivity contribution is 7.89. The van der Waals surface area contributed by atoms with E-state index >= 15 is 0 Å².